The minimum atomic E-state index is -2.49. The summed E-state index contributed by atoms with van der Waals surface area (Å²) in [6.07, 6.45) is 4.09. The van der Waals surface area contributed by atoms with Crippen LogP contribution >= 0.6 is 21.7 Å². The molecule has 4 unspecified atom stereocenters. The van der Waals surface area contributed by atoms with E-state index < -0.39 is 40.1 Å². The number of ether oxygens (including phenoxy) is 3. The predicted octanol–water partition coefficient (Wildman–Crippen LogP) is 1.67. The molecule has 0 aromatic rings. The van der Waals surface area contributed by atoms with Gasteiger partial charge in [0.2, 0.25) is 0 Å². The van der Waals surface area contributed by atoms with Gasteiger partial charge in [0, 0.05) is 103 Å². The first-order valence-corrected chi connectivity index (χ1v) is 23.2. The van der Waals surface area contributed by atoms with Crippen LogP contribution in [0.1, 0.15) is 52.4 Å². The van der Waals surface area contributed by atoms with Crippen molar-refractivity contribution in [1.82, 2.24) is 26.2 Å². The van der Waals surface area contributed by atoms with Gasteiger partial charge in [-0.2, -0.15) is 0 Å². The molecule has 4 atom stereocenters. The van der Waals surface area contributed by atoms with Crippen LogP contribution < -0.4 is 21.3 Å². The molecule has 0 aromatic carbocycles. The Morgan fingerprint density at radius 1 is 0.564 bits per heavy atom. The van der Waals surface area contributed by atoms with Crippen LogP contribution in [0.2, 0.25) is 0 Å². The fraction of sp³-hybridized carbons (Fsp3) is 1.00. The second-order valence-electron chi connectivity index (χ2n) is 13.4. The van der Waals surface area contributed by atoms with Gasteiger partial charge in [0.25, 0.3) is 0 Å². The van der Waals surface area contributed by atoms with Crippen LogP contribution in [-0.2, 0) is 35.1 Å². The van der Waals surface area contributed by atoms with Crippen molar-refractivity contribution < 1.29 is 55.0 Å². The van der Waals surface area contributed by atoms with E-state index in [0.29, 0.717) is 89.4 Å². The molecule has 0 spiro atoms. The van der Waals surface area contributed by atoms with Crippen LogP contribution in [0.5, 0.6) is 0 Å². The molecular weight excluding hydrogens is 759 g/mol. The van der Waals surface area contributed by atoms with Gasteiger partial charge in [-0.15, -0.1) is 0 Å². The Morgan fingerprint density at radius 2 is 1.05 bits per heavy atom. The number of hydrogen-bond donors (Lipinski definition) is 8. The zero-order valence-electron chi connectivity index (χ0n) is 35.3. The number of nitrogens with one attached hydrogen (secondary N) is 4. The Balaban J connectivity index is 4.39. The molecule has 0 aliphatic heterocycles. The maximum atomic E-state index is 10.8. The lowest BCUT2D eigenvalue weighted by Crippen LogP contribution is -2.44. The molecule has 0 aromatic heterocycles. The minimum absolute atomic E-state index is 0.205. The highest BCUT2D eigenvalue weighted by Crippen LogP contribution is 2.49. The van der Waals surface area contributed by atoms with Crippen molar-refractivity contribution >= 4 is 21.7 Å². The van der Waals surface area contributed by atoms with Gasteiger partial charge in [-0.3, -0.25) is 25.8 Å². The van der Waals surface area contributed by atoms with E-state index in [2.05, 4.69) is 40.0 Å². The average Bonchev–Trinajstić information content (AvgIpc) is 3.19. The molecule has 0 rings (SSSR count). The van der Waals surface area contributed by atoms with Crippen LogP contribution in [0.15, 0.2) is 0 Å². The summed E-state index contributed by atoms with van der Waals surface area (Å²) >= 11 is 0. The number of aliphatic hydroxyl groups excluding tert-OH is 3. The zero-order chi connectivity index (χ0) is 41.0. The zero-order valence-corrected chi connectivity index (χ0v) is 36.9. The molecule has 0 saturated heterocycles. The molecular formula is C36H83N5O12S2. The fourth-order valence-electron chi connectivity index (χ4n) is 5.46. The fourth-order valence-corrected chi connectivity index (χ4v) is 7.79. The molecule has 0 aliphatic carbocycles. The molecule has 8 N–H and O–H groups in total. The smallest absolute Gasteiger partial charge is 0.0900 e. The van der Waals surface area contributed by atoms with Crippen LogP contribution in [-0.4, -0.2) is 202 Å². The highest BCUT2D eigenvalue weighted by molar-refractivity contribution is 8.21. The second kappa shape index (κ2) is 37.1. The molecule has 0 fully saturated rings. The Hall–Kier alpha value is 0.0200. The molecule has 19 heteroatoms. The number of rotatable bonds is 43. The molecule has 0 saturated carbocycles. The Labute approximate surface area is 337 Å². The molecule has 336 valence electrons. The standard InChI is InChI=1S/C36H83N5O12S2/c1-8-10-13-33(9-2)29-53-32-36(44)28-41(20-18-37-14-16-39-26-34(42)30-51-22-11-24-54(45,46-3)47-4)21-19-38-15-17-40-27-35(43)31-52-23-12-25-55(48-5,49-6)50-7/h33-40,42-45H,8-32H2,1-7H3. The number of unbranched alkanes of at least 4 members (excludes halogenated alkanes) is 1. The third-order valence-corrected chi connectivity index (χ3v) is 13.0. The number of hydrogen-bond acceptors (Lipinski definition) is 17. The van der Waals surface area contributed by atoms with Crippen molar-refractivity contribution in [2.24, 2.45) is 5.92 Å². The van der Waals surface area contributed by atoms with Gasteiger partial charge in [-0.05, 0) is 25.2 Å². The first-order chi connectivity index (χ1) is 26.6. The van der Waals surface area contributed by atoms with Crippen LogP contribution in [0.4, 0.5) is 0 Å². The van der Waals surface area contributed by atoms with Gasteiger partial charge >= 0.3 is 0 Å². The van der Waals surface area contributed by atoms with Crippen molar-refractivity contribution in [3.05, 3.63) is 0 Å². The third-order valence-electron chi connectivity index (χ3n) is 8.88. The summed E-state index contributed by atoms with van der Waals surface area (Å²) in [5, 5.41) is 44.7. The van der Waals surface area contributed by atoms with Crippen molar-refractivity contribution in [2.45, 2.75) is 70.7 Å². The predicted molar refractivity (Wildman–Crippen MR) is 224 cm³/mol. The van der Waals surface area contributed by atoms with Gasteiger partial charge in [0.05, 0.1) is 95.4 Å². The van der Waals surface area contributed by atoms with E-state index in [-0.39, 0.29) is 13.2 Å². The van der Waals surface area contributed by atoms with E-state index >= 15 is 0 Å². The lowest BCUT2D eigenvalue weighted by Gasteiger charge is -2.33. The highest BCUT2D eigenvalue weighted by atomic mass is 32.3. The van der Waals surface area contributed by atoms with Crippen molar-refractivity contribution in [1.29, 1.82) is 0 Å². The number of nitrogens with zero attached hydrogens (tertiary/aromatic N) is 1. The first kappa shape index (κ1) is 55.0. The van der Waals surface area contributed by atoms with Crippen LogP contribution in [0, 0.1) is 5.92 Å². The second-order valence-corrected chi connectivity index (χ2v) is 18.1. The third kappa shape index (κ3) is 30.7. The Kier molecular flexibility index (Phi) is 37.1. The summed E-state index contributed by atoms with van der Waals surface area (Å²) in [6.45, 7) is 14.0. The highest BCUT2D eigenvalue weighted by Gasteiger charge is 2.22. The van der Waals surface area contributed by atoms with Crippen molar-refractivity contribution in [3.8, 4) is 0 Å². The lowest BCUT2D eigenvalue weighted by atomic mass is 10.0. The van der Waals surface area contributed by atoms with Gasteiger partial charge < -0.3 is 55.4 Å². The van der Waals surface area contributed by atoms with E-state index in [1.165, 1.54) is 27.1 Å². The monoisotopic (exact) mass is 842 g/mol. The van der Waals surface area contributed by atoms with Gasteiger partial charge in [-0.1, -0.05) is 33.1 Å². The van der Waals surface area contributed by atoms with Crippen LogP contribution in [0.3, 0.4) is 0 Å². The molecule has 0 radical (unpaired) electrons. The van der Waals surface area contributed by atoms with Crippen molar-refractivity contribution in [2.75, 3.05) is 159 Å². The Morgan fingerprint density at radius 3 is 1.53 bits per heavy atom. The van der Waals surface area contributed by atoms with Gasteiger partial charge in [-0.25, -0.2) is 0 Å². The quantitative estimate of drug-likeness (QED) is 0.0411. The molecule has 0 amide bonds. The molecule has 55 heavy (non-hydrogen) atoms. The van der Waals surface area contributed by atoms with E-state index in [1.54, 1.807) is 21.3 Å². The lowest BCUT2D eigenvalue weighted by molar-refractivity contribution is 0.00323. The van der Waals surface area contributed by atoms with E-state index in [1.807, 2.05) is 0 Å². The topological polar surface area (TPSA) is 206 Å². The largest absolute Gasteiger partial charge is 0.389 e. The van der Waals surface area contributed by atoms with E-state index in [0.717, 1.165) is 52.1 Å². The van der Waals surface area contributed by atoms with Gasteiger partial charge in [0.1, 0.15) is 0 Å². The molecule has 0 heterocycles. The van der Waals surface area contributed by atoms with E-state index in [4.69, 9.17) is 35.1 Å². The summed E-state index contributed by atoms with van der Waals surface area (Å²) in [6, 6.07) is 0. The minimum Gasteiger partial charge on any atom is -0.389 e. The maximum Gasteiger partial charge on any atom is 0.0900 e. The summed E-state index contributed by atoms with van der Waals surface area (Å²) in [5.41, 5.74) is 0. The summed E-state index contributed by atoms with van der Waals surface area (Å²) in [5.74, 6) is 1.48. The van der Waals surface area contributed by atoms with Crippen LogP contribution in [0.25, 0.3) is 0 Å². The Bertz CT molecular complexity index is 823. The molecule has 0 aliphatic rings. The summed E-state index contributed by atoms with van der Waals surface area (Å²) in [4.78, 5) is 2.24. The first-order valence-electron chi connectivity index (χ1n) is 20.0. The summed E-state index contributed by atoms with van der Waals surface area (Å²) in [7, 11) is 3.06. The summed E-state index contributed by atoms with van der Waals surface area (Å²) < 4.78 is 53.1. The normalized spacial score (nSPS) is 15.4. The number of aliphatic hydroxyl groups is 3. The van der Waals surface area contributed by atoms with Crippen molar-refractivity contribution in [3.63, 3.8) is 0 Å². The SMILES string of the molecule is CCCCC(CC)COCC(O)CN(CCNCCNCC(O)COCCCS(O)(OC)OC)CCNCCNCC(O)COCCCS(OC)(OC)OC. The molecule has 17 nitrogen and oxygen atoms in total. The maximum absolute atomic E-state index is 10.8. The molecule has 0 bridgehead atoms. The van der Waals surface area contributed by atoms with Gasteiger partial charge in [0.15, 0.2) is 0 Å². The van der Waals surface area contributed by atoms with E-state index in [9.17, 15) is 19.9 Å². The average molecular weight is 842 g/mol.